The molecule has 1 heterocycles. The molecule has 1 aromatic carbocycles. The molecule has 0 fully saturated rings. The summed E-state index contributed by atoms with van der Waals surface area (Å²) in [4.78, 5) is 38.6. The van der Waals surface area contributed by atoms with Crippen molar-refractivity contribution in [1.82, 2.24) is 15.4 Å². The second-order valence-electron chi connectivity index (χ2n) is 4.47. The van der Waals surface area contributed by atoms with Crippen LogP contribution in [0.2, 0.25) is 0 Å². The molecular formula is C17H14N3O3. The molecule has 0 aliphatic rings. The molecular weight excluding hydrogens is 294 g/mol. The predicted molar refractivity (Wildman–Crippen MR) is 84.6 cm³/mol. The first kappa shape index (κ1) is 16.1. The average molecular weight is 308 g/mol. The van der Waals surface area contributed by atoms with Gasteiger partial charge in [-0.25, -0.2) is 5.01 Å². The van der Waals surface area contributed by atoms with Gasteiger partial charge in [-0.15, -0.1) is 0 Å². The molecule has 0 spiro atoms. The number of nitrogens with one attached hydrogen (secondary N) is 1. The third-order valence-electron chi connectivity index (χ3n) is 2.84. The highest BCUT2D eigenvalue weighted by molar-refractivity contribution is 5.97. The van der Waals surface area contributed by atoms with Crippen LogP contribution in [0, 0.1) is 0 Å². The largest absolute Gasteiger partial charge is 0.289 e. The Morgan fingerprint density at radius 1 is 1.13 bits per heavy atom. The van der Waals surface area contributed by atoms with E-state index in [4.69, 9.17) is 0 Å². The highest BCUT2D eigenvalue weighted by Crippen LogP contribution is 2.02. The highest BCUT2D eigenvalue weighted by atomic mass is 16.2. The van der Waals surface area contributed by atoms with Crippen molar-refractivity contribution in [3.05, 3.63) is 72.1 Å². The van der Waals surface area contributed by atoms with Crippen LogP contribution in [0.5, 0.6) is 0 Å². The van der Waals surface area contributed by atoms with Crippen molar-refractivity contribution in [2.45, 2.75) is 0 Å². The summed E-state index contributed by atoms with van der Waals surface area (Å²) in [7, 11) is 0. The van der Waals surface area contributed by atoms with Gasteiger partial charge in [0.2, 0.25) is 6.29 Å². The molecule has 0 aliphatic heterocycles. The number of hydrazine groups is 1. The number of rotatable bonds is 5. The van der Waals surface area contributed by atoms with Gasteiger partial charge >= 0.3 is 0 Å². The van der Waals surface area contributed by atoms with Gasteiger partial charge in [-0.1, -0.05) is 36.4 Å². The van der Waals surface area contributed by atoms with Gasteiger partial charge in [0.15, 0.2) is 0 Å². The van der Waals surface area contributed by atoms with Gasteiger partial charge in [-0.3, -0.25) is 24.8 Å². The number of carbonyl (C=O) groups is 2. The van der Waals surface area contributed by atoms with Crippen LogP contribution in [0.4, 0.5) is 0 Å². The summed E-state index contributed by atoms with van der Waals surface area (Å²) in [6.07, 6.45) is 5.91. The van der Waals surface area contributed by atoms with E-state index in [1.165, 1.54) is 18.3 Å². The molecule has 0 aliphatic carbocycles. The Morgan fingerprint density at radius 2 is 1.87 bits per heavy atom. The number of hydrogen-bond donors (Lipinski definition) is 1. The molecule has 0 saturated heterocycles. The molecule has 0 bridgehead atoms. The lowest BCUT2D eigenvalue weighted by Crippen LogP contribution is -2.46. The number of aromatic nitrogens is 1. The third-order valence-corrected chi connectivity index (χ3v) is 2.84. The van der Waals surface area contributed by atoms with Gasteiger partial charge < -0.3 is 0 Å². The van der Waals surface area contributed by atoms with Crippen LogP contribution >= 0.6 is 0 Å². The molecule has 2 aromatic rings. The van der Waals surface area contributed by atoms with Crippen molar-refractivity contribution in [2.75, 3.05) is 6.54 Å². The number of hydrogen-bond acceptors (Lipinski definition) is 4. The van der Waals surface area contributed by atoms with Crippen LogP contribution in [0.3, 0.4) is 0 Å². The summed E-state index contributed by atoms with van der Waals surface area (Å²) >= 11 is 0. The summed E-state index contributed by atoms with van der Waals surface area (Å²) in [6.45, 7) is -0.378. The molecule has 2 rings (SSSR count). The Kier molecular flexibility index (Phi) is 5.76. The summed E-state index contributed by atoms with van der Waals surface area (Å²) in [6, 6.07) is 14.0. The third kappa shape index (κ3) is 4.89. The fourth-order valence-electron chi connectivity index (χ4n) is 1.74. The minimum atomic E-state index is -0.581. The van der Waals surface area contributed by atoms with Crippen molar-refractivity contribution in [1.29, 1.82) is 0 Å². The molecule has 6 nitrogen and oxygen atoms in total. The molecule has 1 aromatic heterocycles. The SMILES string of the molecule is O=[C]CN(NC(=O)c1ccccn1)C(=O)/C=C/c1ccccc1. The Bertz CT molecular complexity index is 700. The van der Waals surface area contributed by atoms with Crippen LogP contribution in [0.15, 0.2) is 60.8 Å². The highest BCUT2D eigenvalue weighted by Gasteiger charge is 2.15. The molecule has 2 amide bonds. The zero-order valence-electron chi connectivity index (χ0n) is 12.2. The number of carbonyl (C=O) groups excluding carboxylic acids is 3. The summed E-state index contributed by atoms with van der Waals surface area (Å²) in [5.74, 6) is -1.12. The van der Waals surface area contributed by atoms with Gasteiger partial charge in [0.05, 0.1) is 0 Å². The lowest BCUT2D eigenvalue weighted by atomic mass is 10.2. The standard InChI is InChI=1S/C17H14N3O3/c21-13-12-20(19-17(23)15-8-4-5-11-18-15)16(22)10-9-14-6-2-1-3-7-14/h1-11H,12H2,(H,19,23)/b10-9+. The van der Waals surface area contributed by atoms with Crippen molar-refractivity contribution in [2.24, 2.45) is 0 Å². The Hall–Kier alpha value is -3.28. The molecule has 115 valence electrons. The van der Waals surface area contributed by atoms with E-state index in [2.05, 4.69) is 10.4 Å². The van der Waals surface area contributed by atoms with E-state index < -0.39 is 11.8 Å². The monoisotopic (exact) mass is 308 g/mol. The first-order valence-corrected chi connectivity index (χ1v) is 6.82. The smallest absolute Gasteiger partial charge is 0.288 e. The van der Waals surface area contributed by atoms with E-state index in [9.17, 15) is 14.4 Å². The maximum absolute atomic E-state index is 12.1. The van der Waals surface area contributed by atoms with E-state index >= 15 is 0 Å². The second-order valence-corrected chi connectivity index (χ2v) is 4.47. The average Bonchev–Trinajstić information content (AvgIpc) is 2.61. The first-order valence-electron chi connectivity index (χ1n) is 6.82. The normalized spacial score (nSPS) is 10.3. The summed E-state index contributed by atoms with van der Waals surface area (Å²) < 4.78 is 0. The van der Waals surface area contributed by atoms with Crippen LogP contribution in [-0.4, -0.2) is 34.6 Å². The van der Waals surface area contributed by atoms with Gasteiger partial charge in [-0.05, 0) is 23.8 Å². The lowest BCUT2D eigenvalue weighted by molar-refractivity contribution is -0.127. The van der Waals surface area contributed by atoms with E-state index in [1.807, 2.05) is 30.3 Å². The Morgan fingerprint density at radius 3 is 2.52 bits per heavy atom. The molecule has 0 unspecified atom stereocenters. The second kappa shape index (κ2) is 8.23. The summed E-state index contributed by atoms with van der Waals surface area (Å²) in [5, 5.41) is 0.878. The Balaban J connectivity index is 2.05. The van der Waals surface area contributed by atoms with Gasteiger partial charge in [0.1, 0.15) is 12.2 Å². The van der Waals surface area contributed by atoms with Crippen molar-refractivity contribution >= 4 is 24.2 Å². The van der Waals surface area contributed by atoms with E-state index in [0.29, 0.717) is 0 Å². The topological polar surface area (TPSA) is 79.4 Å². The van der Waals surface area contributed by atoms with Crippen molar-refractivity contribution in [3.63, 3.8) is 0 Å². The van der Waals surface area contributed by atoms with Crippen LogP contribution in [0.1, 0.15) is 16.1 Å². The fourth-order valence-corrected chi connectivity index (χ4v) is 1.74. The lowest BCUT2D eigenvalue weighted by Gasteiger charge is -2.18. The number of amides is 2. The van der Waals surface area contributed by atoms with Crippen LogP contribution in [-0.2, 0) is 9.59 Å². The zero-order chi connectivity index (χ0) is 16.5. The zero-order valence-corrected chi connectivity index (χ0v) is 12.2. The molecule has 1 N–H and O–H groups in total. The van der Waals surface area contributed by atoms with Gasteiger partial charge in [0, 0.05) is 12.3 Å². The Labute approximate surface area is 133 Å². The van der Waals surface area contributed by atoms with Gasteiger partial charge in [0.25, 0.3) is 11.8 Å². The van der Waals surface area contributed by atoms with E-state index in [1.54, 1.807) is 24.5 Å². The molecule has 0 atom stereocenters. The quantitative estimate of drug-likeness (QED) is 0.668. The summed E-state index contributed by atoms with van der Waals surface area (Å²) in [5.41, 5.74) is 3.31. The van der Waals surface area contributed by atoms with Crippen LogP contribution in [0.25, 0.3) is 6.08 Å². The first-order chi connectivity index (χ1) is 11.2. The molecule has 1 radical (unpaired) electrons. The minimum Gasteiger partial charge on any atom is -0.289 e. The minimum absolute atomic E-state index is 0.142. The number of benzene rings is 1. The van der Waals surface area contributed by atoms with Crippen molar-refractivity contribution in [3.8, 4) is 0 Å². The number of pyridine rings is 1. The van der Waals surface area contributed by atoms with Gasteiger partial charge in [-0.2, -0.15) is 0 Å². The van der Waals surface area contributed by atoms with Crippen LogP contribution < -0.4 is 5.43 Å². The molecule has 6 heteroatoms. The maximum Gasteiger partial charge on any atom is 0.288 e. The maximum atomic E-state index is 12.1. The number of nitrogens with zero attached hydrogens (tertiary/aromatic N) is 2. The predicted octanol–water partition coefficient (Wildman–Crippen LogP) is 1.38. The molecule has 0 saturated carbocycles. The fraction of sp³-hybridized carbons (Fsp3) is 0.0588. The van der Waals surface area contributed by atoms with E-state index in [0.717, 1.165) is 10.6 Å². The van der Waals surface area contributed by atoms with Crippen molar-refractivity contribution < 1.29 is 14.4 Å². The molecule has 23 heavy (non-hydrogen) atoms. The van der Waals surface area contributed by atoms with E-state index in [-0.39, 0.29) is 12.2 Å².